The van der Waals surface area contributed by atoms with Crippen LogP contribution in [0.3, 0.4) is 0 Å². The topological polar surface area (TPSA) is 56.8 Å². The van der Waals surface area contributed by atoms with Gasteiger partial charge in [0.1, 0.15) is 5.75 Å². The lowest BCUT2D eigenvalue weighted by atomic mass is 10.2. The second-order valence-electron chi connectivity index (χ2n) is 5.77. The molecule has 1 aliphatic heterocycles. The molecule has 24 heavy (non-hydrogen) atoms. The van der Waals surface area contributed by atoms with Crippen LogP contribution in [0, 0.1) is 6.92 Å². The molecule has 0 saturated carbocycles. The number of fused-ring (bicyclic) bond motifs is 1. The number of hydrogen-bond acceptors (Lipinski definition) is 4. The molecule has 2 aromatic rings. The van der Waals surface area contributed by atoms with Crippen molar-refractivity contribution in [1.82, 2.24) is 0 Å². The Morgan fingerprint density at radius 1 is 1.08 bits per heavy atom. The fraction of sp³-hybridized carbons (Fsp3) is 0.316. The number of hydrogen-bond donors (Lipinski definition) is 1. The Kier molecular flexibility index (Phi) is 4.89. The number of rotatable bonds is 4. The summed E-state index contributed by atoms with van der Waals surface area (Å²) < 4.78 is 16.9. The second-order valence-corrected chi connectivity index (χ2v) is 5.77. The third-order valence-electron chi connectivity index (χ3n) is 3.72. The zero-order valence-corrected chi connectivity index (χ0v) is 13.9. The van der Waals surface area contributed by atoms with E-state index in [2.05, 4.69) is 5.32 Å². The average Bonchev–Trinajstić information content (AvgIpc) is 2.81. The second kappa shape index (κ2) is 7.25. The molecule has 1 N–H and O–H groups in total. The summed E-state index contributed by atoms with van der Waals surface area (Å²) in [7, 11) is 0. The van der Waals surface area contributed by atoms with Gasteiger partial charge in [-0.3, -0.25) is 4.79 Å². The van der Waals surface area contributed by atoms with Crippen molar-refractivity contribution in [1.29, 1.82) is 0 Å². The molecule has 2 aromatic carbocycles. The zero-order chi connectivity index (χ0) is 16.9. The van der Waals surface area contributed by atoms with Gasteiger partial charge in [0.25, 0.3) is 5.91 Å². The van der Waals surface area contributed by atoms with E-state index in [-0.39, 0.29) is 5.91 Å². The van der Waals surface area contributed by atoms with E-state index in [1.165, 1.54) is 0 Å². The third kappa shape index (κ3) is 3.98. The van der Waals surface area contributed by atoms with Crippen molar-refractivity contribution in [2.45, 2.75) is 26.4 Å². The maximum Gasteiger partial charge on any atom is 0.265 e. The van der Waals surface area contributed by atoms with Crippen molar-refractivity contribution in [2.24, 2.45) is 0 Å². The highest BCUT2D eigenvalue weighted by Crippen LogP contribution is 2.32. The molecule has 1 aliphatic rings. The number of anilines is 1. The lowest BCUT2D eigenvalue weighted by Gasteiger charge is -2.16. The van der Waals surface area contributed by atoms with Crippen LogP contribution >= 0.6 is 0 Å². The maximum absolute atomic E-state index is 12.3. The third-order valence-corrected chi connectivity index (χ3v) is 3.72. The lowest BCUT2D eigenvalue weighted by molar-refractivity contribution is -0.122. The van der Waals surface area contributed by atoms with Crippen molar-refractivity contribution in [3.63, 3.8) is 0 Å². The van der Waals surface area contributed by atoms with Crippen molar-refractivity contribution in [2.75, 3.05) is 18.5 Å². The minimum Gasteiger partial charge on any atom is -0.490 e. The van der Waals surface area contributed by atoms with Crippen molar-refractivity contribution >= 4 is 11.6 Å². The molecule has 0 fully saturated rings. The summed E-state index contributed by atoms with van der Waals surface area (Å²) in [6.07, 6.45) is 0.237. The highest BCUT2D eigenvalue weighted by Gasteiger charge is 2.17. The first-order chi connectivity index (χ1) is 11.6. The number of ether oxygens (including phenoxy) is 3. The molecule has 1 unspecified atom stereocenters. The van der Waals surface area contributed by atoms with E-state index in [4.69, 9.17) is 14.2 Å². The van der Waals surface area contributed by atoms with Gasteiger partial charge in [-0.2, -0.15) is 0 Å². The fourth-order valence-corrected chi connectivity index (χ4v) is 2.36. The number of carbonyl (C=O) groups excluding carboxylic acids is 1. The Bertz CT molecular complexity index is 712. The summed E-state index contributed by atoms with van der Waals surface area (Å²) >= 11 is 0. The SMILES string of the molecule is Cc1ccc(OC(C)C(=O)Nc2ccc3c(c2)OCCCO3)cc1. The van der Waals surface area contributed by atoms with Gasteiger partial charge in [0.2, 0.25) is 0 Å². The van der Waals surface area contributed by atoms with Crippen LogP contribution in [0.25, 0.3) is 0 Å². The molecule has 0 saturated heterocycles. The lowest BCUT2D eigenvalue weighted by Crippen LogP contribution is -2.30. The predicted octanol–water partition coefficient (Wildman–Crippen LogP) is 3.56. The first-order valence-electron chi connectivity index (χ1n) is 8.05. The summed E-state index contributed by atoms with van der Waals surface area (Å²) in [5.41, 5.74) is 1.80. The molecule has 0 aromatic heterocycles. The van der Waals surface area contributed by atoms with E-state index in [0.717, 1.165) is 12.0 Å². The van der Waals surface area contributed by atoms with E-state index in [1.54, 1.807) is 19.1 Å². The van der Waals surface area contributed by atoms with Gasteiger partial charge in [0.15, 0.2) is 17.6 Å². The van der Waals surface area contributed by atoms with E-state index in [9.17, 15) is 4.79 Å². The van der Waals surface area contributed by atoms with Crippen molar-refractivity contribution in [3.8, 4) is 17.2 Å². The van der Waals surface area contributed by atoms with Gasteiger partial charge in [0.05, 0.1) is 13.2 Å². The van der Waals surface area contributed by atoms with Crippen LogP contribution in [0.2, 0.25) is 0 Å². The van der Waals surface area contributed by atoms with Crippen LogP contribution in [0.5, 0.6) is 17.2 Å². The van der Waals surface area contributed by atoms with Gasteiger partial charge >= 0.3 is 0 Å². The summed E-state index contributed by atoms with van der Waals surface area (Å²) in [6.45, 7) is 4.97. The highest BCUT2D eigenvalue weighted by molar-refractivity contribution is 5.94. The molecule has 0 radical (unpaired) electrons. The average molecular weight is 327 g/mol. The zero-order valence-electron chi connectivity index (χ0n) is 13.9. The number of carbonyl (C=O) groups is 1. The standard InChI is InChI=1S/C19H21NO4/c1-13-4-7-16(8-5-13)24-14(2)19(21)20-15-6-9-17-18(12-15)23-11-3-10-22-17/h4-9,12,14H,3,10-11H2,1-2H3,(H,20,21). The molecule has 3 rings (SSSR count). The maximum atomic E-state index is 12.3. The summed E-state index contributed by atoms with van der Waals surface area (Å²) in [6, 6.07) is 13.0. The number of benzene rings is 2. The first-order valence-corrected chi connectivity index (χ1v) is 8.05. The minimum atomic E-state index is -0.608. The number of aryl methyl sites for hydroxylation is 1. The van der Waals surface area contributed by atoms with E-state index < -0.39 is 6.10 Å². The summed E-state index contributed by atoms with van der Waals surface area (Å²) in [4.78, 5) is 12.3. The Hall–Kier alpha value is -2.69. The van der Waals surface area contributed by atoms with Gasteiger partial charge in [-0.1, -0.05) is 17.7 Å². The molecule has 1 amide bonds. The number of amides is 1. The molecular weight excluding hydrogens is 306 g/mol. The van der Waals surface area contributed by atoms with Gasteiger partial charge in [-0.05, 0) is 38.1 Å². The molecule has 0 aliphatic carbocycles. The summed E-state index contributed by atoms with van der Waals surface area (Å²) in [5.74, 6) is 1.80. The van der Waals surface area contributed by atoms with Gasteiger partial charge in [-0.25, -0.2) is 0 Å². The van der Waals surface area contributed by atoms with Crippen molar-refractivity contribution in [3.05, 3.63) is 48.0 Å². The molecule has 5 nitrogen and oxygen atoms in total. The molecule has 1 atom stereocenters. The van der Waals surface area contributed by atoms with Crippen LogP contribution in [-0.4, -0.2) is 25.2 Å². The van der Waals surface area contributed by atoms with E-state index >= 15 is 0 Å². The summed E-state index contributed by atoms with van der Waals surface area (Å²) in [5, 5.41) is 2.84. The highest BCUT2D eigenvalue weighted by atomic mass is 16.5. The predicted molar refractivity (Wildman–Crippen MR) is 91.9 cm³/mol. The first kappa shape index (κ1) is 16.2. The Balaban J connectivity index is 1.63. The van der Waals surface area contributed by atoms with E-state index in [0.29, 0.717) is 36.1 Å². The van der Waals surface area contributed by atoms with E-state index in [1.807, 2.05) is 37.3 Å². The molecule has 0 spiro atoms. The molecule has 1 heterocycles. The van der Waals surface area contributed by atoms with Gasteiger partial charge in [-0.15, -0.1) is 0 Å². The molecule has 5 heteroatoms. The largest absolute Gasteiger partial charge is 0.490 e. The monoisotopic (exact) mass is 327 g/mol. The quantitative estimate of drug-likeness (QED) is 0.933. The van der Waals surface area contributed by atoms with Crippen LogP contribution in [-0.2, 0) is 4.79 Å². The van der Waals surface area contributed by atoms with Crippen LogP contribution in [0.15, 0.2) is 42.5 Å². The van der Waals surface area contributed by atoms with Crippen LogP contribution < -0.4 is 19.5 Å². The Labute approximate surface area is 141 Å². The molecule has 0 bridgehead atoms. The fourth-order valence-electron chi connectivity index (χ4n) is 2.36. The normalized spacial score (nSPS) is 14.4. The Morgan fingerprint density at radius 3 is 2.54 bits per heavy atom. The van der Waals surface area contributed by atoms with Gasteiger partial charge < -0.3 is 19.5 Å². The van der Waals surface area contributed by atoms with Crippen LogP contribution in [0.4, 0.5) is 5.69 Å². The van der Waals surface area contributed by atoms with Crippen molar-refractivity contribution < 1.29 is 19.0 Å². The molecule has 126 valence electrons. The Morgan fingerprint density at radius 2 is 1.79 bits per heavy atom. The van der Waals surface area contributed by atoms with Gasteiger partial charge in [0, 0.05) is 18.2 Å². The number of nitrogens with one attached hydrogen (secondary N) is 1. The van der Waals surface area contributed by atoms with Crippen LogP contribution in [0.1, 0.15) is 18.9 Å². The smallest absolute Gasteiger partial charge is 0.265 e. The molecular formula is C19H21NO4. The minimum absolute atomic E-state index is 0.218.